The summed E-state index contributed by atoms with van der Waals surface area (Å²) in [6.07, 6.45) is 3.55. The van der Waals surface area contributed by atoms with Gasteiger partial charge in [0, 0.05) is 17.2 Å². The molecule has 0 radical (unpaired) electrons. The predicted molar refractivity (Wildman–Crippen MR) is 89.4 cm³/mol. The van der Waals surface area contributed by atoms with Crippen LogP contribution < -0.4 is 0 Å². The molecule has 0 N–H and O–H groups in total. The zero-order chi connectivity index (χ0) is 14.0. The van der Waals surface area contributed by atoms with E-state index >= 15 is 0 Å². The Morgan fingerprint density at radius 1 is 1.42 bits per heavy atom. The summed E-state index contributed by atoms with van der Waals surface area (Å²) < 4.78 is 1.10. The van der Waals surface area contributed by atoms with Gasteiger partial charge in [0.2, 0.25) is 0 Å². The summed E-state index contributed by atoms with van der Waals surface area (Å²) in [6, 6.07) is 7.91. The molecule has 1 aliphatic heterocycles. The van der Waals surface area contributed by atoms with Crippen LogP contribution in [0.3, 0.4) is 0 Å². The van der Waals surface area contributed by atoms with Gasteiger partial charge in [-0.2, -0.15) is 0 Å². The van der Waals surface area contributed by atoms with E-state index in [0.717, 1.165) is 9.13 Å². The van der Waals surface area contributed by atoms with E-state index < -0.39 is 0 Å². The van der Waals surface area contributed by atoms with Gasteiger partial charge in [0.15, 0.2) is 5.11 Å². The second kappa shape index (κ2) is 5.83. The molecular formula is C14H13IN2OS. The Hall–Kier alpha value is -1.21. The molecule has 0 atom stereocenters. The molecular weight excluding hydrogens is 371 g/mol. The van der Waals surface area contributed by atoms with Crippen molar-refractivity contribution in [3.8, 4) is 0 Å². The monoisotopic (exact) mass is 384 g/mol. The fourth-order valence-corrected chi connectivity index (χ4v) is 2.64. The van der Waals surface area contributed by atoms with E-state index in [2.05, 4.69) is 29.2 Å². The Labute approximate surface area is 131 Å². The number of amides is 1. The molecule has 1 aromatic rings. The van der Waals surface area contributed by atoms with Crippen LogP contribution in [0.1, 0.15) is 5.56 Å². The largest absolute Gasteiger partial charge is 0.317 e. The van der Waals surface area contributed by atoms with Crippen LogP contribution in [-0.2, 0) is 4.79 Å². The van der Waals surface area contributed by atoms with Crippen molar-refractivity contribution in [2.45, 2.75) is 0 Å². The van der Waals surface area contributed by atoms with Crippen molar-refractivity contribution in [3.63, 3.8) is 0 Å². The van der Waals surface area contributed by atoms with E-state index in [0.29, 0.717) is 17.4 Å². The van der Waals surface area contributed by atoms with E-state index in [9.17, 15) is 4.79 Å². The highest BCUT2D eigenvalue weighted by molar-refractivity contribution is 14.1. The topological polar surface area (TPSA) is 23.6 Å². The standard InChI is InChI=1S/C14H13IN2OS/c1-3-8-17-13(18)12(16(2)14(17)19)9-10-6-4-5-7-11(10)15/h3-7,9H,1,8H2,2H3. The lowest BCUT2D eigenvalue weighted by atomic mass is 10.2. The summed E-state index contributed by atoms with van der Waals surface area (Å²) in [5, 5.41) is 0.516. The van der Waals surface area contributed by atoms with Crippen LogP contribution in [0.25, 0.3) is 6.08 Å². The molecule has 0 bridgehead atoms. The minimum atomic E-state index is -0.0768. The lowest BCUT2D eigenvalue weighted by molar-refractivity contribution is -0.122. The minimum Gasteiger partial charge on any atom is -0.317 e. The number of carbonyl (C=O) groups excluding carboxylic acids is 1. The number of nitrogens with zero attached hydrogens (tertiary/aromatic N) is 2. The van der Waals surface area contributed by atoms with Crippen LogP contribution in [0.15, 0.2) is 42.6 Å². The van der Waals surface area contributed by atoms with Gasteiger partial charge in [-0.1, -0.05) is 24.3 Å². The summed E-state index contributed by atoms with van der Waals surface area (Å²) in [5.41, 5.74) is 1.61. The highest BCUT2D eigenvalue weighted by Gasteiger charge is 2.34. The van der Waals surface area contributed by atoms with Gasteiger partial charge in [-0.05, 0) is 52.5 Å². The first kappa shape index (κ1) is 14.2. The molecule has 0 saturated carbocycles. The van der Waals surface area contributed by atoms with Gasteiger partial charge in [0.1, 0.15) is 5.70 Å². The predicted octanol–water partition coefficient (Wildman–Crippen LogP) is 2.88. The highest BCUT2D eigenvalue weighted by atomic mass is 127. The van der Waals surface area contributed by atoms with Gasteiger partial charge in [-0.25, -0.2) is 0 Å². The van der Waals surface area contributed by atoms with Crippen molar-refractivity contribution in [1.82, 2.24) is 9.80 Å². The summed E-state index contributed by atoms with van der Waals surface area (Å²) in [7, 11) is 1.81. The van der Waals surface area contributed by atoms with E-state index in [-0.39, 0.29) is 5.91 Å². The van der Waals surface area contributed by atoms with E-state index in [1.165, 1.54) is 0 Å². The number of rotatable bonds is 3. The average molecular weight is 384 g/mol. The molecule has 1 fully saturated rings. The molecule has 1 heterocycles. The number of likely N-dealkylation sites (N-methyl/N-ethyl adjacent to an activating group) is 1. The van der Waals surface area contributed by atoms with Gasteiger partial charge in [-0.3, -0.25) is 9.69 Å². The minimum absolute atomic E-state index is 0.0768. The normalized spacial score (nSPS) is 17.5. The fraction of sp³-hybridized carbons (Fsp3) is 0.143. The van der Waals surface area contributed by atoms with Gasteiger partial charge in [0.05, 0.1) is 0 Å². The van der Waals surface area contributed by atoms with Crippen LogP contribution in [0, 0.1) is 3.57 Å². The second-order valence-corrected chi connectivity index (χ2v) is 5.62. The first-order valence-corrected chi connectivity index (χ1v) is 7.21. The molecule has 5 heteroatoms. The average Bonchev–Trinajstić information content (AvgIpc) is 2.59. The Morgan fingerprint density at radius 3 is 2.74 bits per heavy atom. The van der Waals surface area contributed by atoms with Crippen LogP contribution in [0.2, 0.25) is 0 Å². The summed E-state index contributed by atoms with van der Waals surface area (Å²) >= 11 is 7.52. The van der Waals surface area contributed by atoms with Crippen LogP contribution in [-0.4, -0.2) is 34.4 Å². The second-order valence-electron chi connectivity index (χ2n) is 4.10. The summed E-state index contributed by atoms with van der Waals surface area (Å²) in [5.74, 6) is -0.0768. The molecule has 1 aliphatic rings. The Balaban J connectivity index is 2.40. The highest BCUT2D eigenvalue weighted by Crippen LogP contribution is 2.23. The maximum Gasteiger partial charge on any atom is 0.277 e. The van der Waals surface area contributed by atoms with Crippen molar-refractivity contribution >= 4 is 51.9 Å². The number of halogens is 1. The maximum atomic E-state index is 12.3. The van der Waals surface area contributed by atoms with Gasteiger partial charge >= 0.3 is 0 Å². The quantitative estimate of drug-likeness (QED) is 0.347. The molecule has 19 heavy (non-hydrogen) atoms. The summed E-state index contributed by atoms with van der Waals surface area (Å²) in [4.78, 5) is 15.6. The Bertz CT molecular complexity index is 583. The van der Waals surface area contributed by atoms with Crippen molar-refractivity contribution in [2.24, 2.45) is 0 Å². The van der Waals surface area contributed by atoms with Gasteiger partial charge in [0.25, 0.3) is 5.91 Å². The third-order valence-electron chi connectivity index (χ3n) is 2.85. The van der Waals surface area contributed by atoms with Crippen LogP contribution in [0.4, 0.5) is 0 Å². The molecule has 3 nitrogen and oxygen atoms in total. The molecule has 1 aromatic carbocycles. The molecule has 2 rings (SSSR count). The van der Waals surface area contributed by atoms with Crippen LogP contribution >= 0.6 is 34.8 Å². The van der Waals surface area contributed by atoms with Gasteiger partial charge < -0.3 is 4.90 Å². The first-order valence-electron chi connectivity index (χ1n) is 5.73. The molecule has 0 aliphatic carbocycles. The number of hydrogen-bond acceptors (Lipinski definition) is 2. The maximum absolute atomic E-state index is 12.3. The molecule has 0 aromatic heterocycles. The van der Waals surface area contributed by atoms with E-state index in [1.807, 2.05) is 37.4 Å². The van der Waals surface area contributed by atoms with Crippen LogP contribution in [0.5, 0.6) is 0 Å². The van der Waals surface area contributed by atoms with Crippen molar-refractivity contribution < 1.29 is 4.79 Å². The fourth-order valence-electron chi connectivity index (χ4n) is 1.84. The first-order chi connectivity index (χ1) is 9.06. The van der Waals surface area contributed by atoms with E-state index in [4.69, 9.17) is 12.2 Å². The van der Waals surface area contributed by atoms with Crippen molar-refractivity contribution in [2.75, 3.05) is 13.6 Å². The molecule has 0 unspecified atom stereocenters. The smallest absolute Gasteiger partial charge is 0.277 e. The Kier molecular flexibility index (Phi) is 4.36. The van der Waals surface area contributed by atoms with Crippen molar-refractivity contribution in [1.29, 1.82) is 0 Å². The third kappa shape index (κ3) is 2.71. The molecule has 1 saturated heterocycles. The third-order valence-corrected chi connectivity index (χ3v) is 4.33. The zero-order valence-corrected chi connectivity index (χ0v) is 13.4. The molecule has 98 valence electrons. The summed E-state index contributed by atoms with van der Waals surface area (Å²) in [6.45, 7) is 4.08. The van der Waals surface area contributed by atoms with E-state index in [1.54, 1.807) is 15.9 Å². The lowest BCUT2D eigenvalue weighted by Gasteiger charge is -2.13. The number of benzene rings is 1. The molecule has 0 spiro atoms. The number of hydrogen-bond donors (Lipinski definition) is 0. The number of thiocarbonyl (C=S) groups is 1. The SMILES string of the molecule is C=CCN1C(=O)C(=Cc2ccccc2I)N(C)C1=S. The van der Waals surface area contributed by atoms with Gasteiger partial charge in [-0.15, -0.1) is 6.58 Å². The lowest BCUT2D eigenvalue weighted by Crippen LogP contribution is -2.31. The number of carbonyl (C=O) groups is 1. The Morgan fingerprint density at radius 2 is 2.11 bits per heavy atom. The molecule has 1 amide bonds. The van der Waals surface area contributed by atoms with Crippen molar-refractivity contribution in [3.05, 3.63) is 51.8 Å². The zero-order valence-electron chi connectivity index (χ0n) is 10.5.